The van der Waals surface area contributed by atoms with Crippen LogP contribution in [-0.4, -0.2) is 24.5 Å². The lowest BCUT2D eigenvalue weighted by Crippen LogP contribution is -2.15. The van der Waals surface area contributed by atoms with Gasteiger partial charge >= 0.3 is 5.97 Å². The van der Waals surface area contributed by atoms with Gasteiger partial charge in [-0.05, 0) is 25.1 Å². The van der Waals surface area contributed by atoms with E-state index in [-0.39, 0.29) is 16.1 Å². The van der Waals surface area contributed by atoms with Gasteiger partial charge in [0.2, 0.25) is 0 Å². The minimum absolute atomic E-state index is 0.0410. The van der Waals surface area contributed by atoms with Gasteiger partial charge in [0.25, 0.3) is 10.0 Å². The molecule has 0 aliphatic rings. The molecule has 1 aromatic carbocycles. The highest BCUT2D eigenvalue weighted by atomic mass is 32.2. The van der Waals surface area contributed by atoms with Crippen molar-refractivity contribution in [3.8, 4) is 0 Å². The van der Waals surface area contributed by atoms with Gasteiger partial charge in [0.15, 0.2) is 0 Å². The van der Waals surface area contributed by atoms with Crippen molar-refractivity contribution in [2.45, 2.75) is 11.8 Å². The number of aryl methyl sites for hydroxylation is 1. The lowest BCUT2D eigenvalue weighted by atomic mass is 10.1. The molecule has 3 N–H and O–H groups in total. The highest BCUT2D eigenvalue weighted by molar-refractivity contribution is 7.92. The van der Waals surface area contributed by atoms with Crippen LogP contribution in [0.25, 0.3) is 0 Å². The molecule has 1 heterocycles. The number of anilines is 1. The Morgan fingerprint density at radius 3 is 2.63 bits per heavy atom. The molecule has 0 spiro atoms. The number of hydrogen-bond acceptors (Lipinski definition) is 3. The lowest BCUT2D eigenvalue weighted by Gasteiger charge is -2.10. The number of aromatic carboxylic acids is 1. The first kappa shape index (κ1) is 13.2. The summed E-state index contributed by atoms with van der Waals surface area (Å²) in [5.74, 6) is -1.18. The summed E-state index contributed by atoms with van der Waals surface area (Å²) in [5, 5.41) is 9.08. The van der Waals surface area contributed by atoms with Gasteiger partial charge in [-0.2, -0.15) is 0 Å². The predicted molar refractivity (Wildman–Crippen MR) is 69.7 cm³/mol. The molecule has 6 nitrogen and oxygen atoms in total. The Labute approximate surface area is 110 Å². The number of nitrogens with one attached hydrogen (secondary N) is 2. The summed E-state index contributed by atoms with van der Waals surface area (Å²) in [6, 6.07) is 5.87. The molecule has 0 aliphatic carbocycles. The van der Waals surface area contributed by atoms with Crippen LogP contribution < -0.4 is 4.72 Å². The quantitative estimate of drug-likeness (QED) is 0.795. The van der Waals surface area contributed by atoms with Gasteiger partial charge in [-0.15, -0.1) is 0 Å². The zero-order valence-electron chi connectivity index (χ0n) is 10.0. The molecule has 0 aliphatic heterocycles. The zero-order chi connectivity index (χ0) is 14.0. The Morgan fingerprint density at radius 2 is 2.05 bits per heavy atom. The summed E-state index contributed by atoms with van der Waals surface area (Å²) in [7, 11) is -3.78. The van der Waals surface area contributed by atoms with Gasteiger partial charge < -0.3 is 10.1 Å². The molecule has 0 saturated heterocycles. The molecule has 2 aromatic rings. The molecule has 19 heavy (non-hydrogen) atoms. The summed E-state index contributed by atoms with van der Waals surface area (Å²) < 4.78 is 26.3. The van der Waals surface area contributed by atoms with E-state index in [9.17, 15) is 13.2 Å². The van der Waals surface area contributed by atoms with Crippen LogP contribution in [0, 0.1) is 6.92 Å². The molecule has 100 valence electrons. The molecule has 0 saturated carbocycles. The number of benzene rings is 1. The molecule has 0 radical (unpaired) electrons. The minimum Gasteiger partial charge on any atom is -0.478 e. The van der Waals surface area contributed by atoms with Crippen LogP contribution >= 0.6 is 0 Å². The fourth-order valence-corrected chi connectivity index (χ4v) is 2.66. The summed E-state index contributed by atoms with van der Waals surface area (Å²) >= 11 is 0. The minimum atomic E-state index is -3.78. The highest BCUT2D eigenvalue weighted by Gasteiger charge is 2.18. The van der Waals surface area contributed by atoms with Crippen LogP contribution in [0.4, 0.5) is 5.69 Å². The maximum Gasteiger partial charge on any atom is 0.337 e. The number of H-pyrrole nitrogens is 1. The van der Waals surface area contributed by atoms with E-state index in [0.29, 0.717) is 0 Å². The number of carbonyl (C=O) groups is 1. The average molecular weight is 280 g/mol. The first-order valence-corrected chi connectivity index (χ1v) is 6.88. The van der Waals surface area contributed by atoms with E-state index in [4.69, 9.17) is 5.11 Å². The van der Waals surface area contributed by atoms with E-state index >= 15 is 0 Å². The molecule has 2 rings (SSSR count). The Balaban J connectivity index is 2.42. The van der Waals surface area contributed by atoms with Crippen LogP contribution in [0.5, 0.6) is 0 Å². The molecule has 0 atom stereocenters. The van der Waals surface area contributed by atoms with Gasteiger partial charge in [-0.3, -0.25) is 4.72 Å². The van der Waals surface area contributed by atoms with Crippen molar-refractivity contribution in [3.63, 3.8) is 0 Å². The molecule has 0 fully saturated rings. The van der Waals surface area contributed by atoms with Crippen LogP contribution in [0.3, 0.4) is 0 Å². The third-order valence-corrected chi connectivity index (χ3v) is 3.89. The van der Waals surface area contributed by atoms with E-state index < -0.39 is 16.0 Å². The first-order chi connectivity index (χ1) is 8.90. The number of rotatable bonds is 4. The third-order valence-electron chi connectivity index (χ3n) is 2.53. The van der Waals surface area contributed by atoms with Crippen LogP contribution in [-0.2, 0) is 10.0 Å². The molecular weight excluding hydrogens is 268 g/mol. The number of sulfonamides is 1. The Kier molecular flexibility index (Phi) is 3.30. The smallest absolute Gasteiger partial charge is 0.337 e. The average Bonchev–Trinajstić information content (AvgIpc) is 2.85. The Hall–Kier alpha value is -2.28. The van der Waals surface area contributed by atoms with E-state index in [2.05, 4.69) is 9.71 Å². The topological polar surface area (TPSA) is 99.3 Å². The largest absolute Gasteiger partial charge is 0.478 e. The summed E-state index contributed by atoms with van der Waals surface area (Å²) in [6.07, 6.45) is 2.79. The van der Waals surface area contributed by atoms with Crippen LogP contribution in [0.1, 0.15) is 15.9 Å². The van der Waals surface area contributed by atoms with Crippen molar-refractivity contribution in [1.29, 1.82) is 0 Å². The molecule has 0 unspecified atom stereocenters. The second kappa shape index (κ2) is 4.77. The van der Waals surface area contributed by atoms with Gasteiger partial charge in [0.05, 0.1) is 11.3 Å². The number of hydrogen-bond donors (Lipinski definition) is 3. The normalized spacial score (nSPS) is 11.2. The van der Waals surface area contributed by atoms with Crippen molar-refractivity contribution < 1.29 is 18.3 Å². The second-order valence-electron chi connectivity index (χ2n) is 4.01. The monoisotopic (exact) mass is 280 g/mol. The van der Waals surface area contributed by atoms with E-state index in [1.165, 1.54) is 30.6 Å². The Morgan fingerprint density at radius 1 is 1.32 bits per heavy atom. The second-order valence-corrected chi connectivity index (χ2v) is 5.69. The molecule has 7 heteroatoms. The van der Waals surface area contributed by atoms with E-state index in [0.717, 1.165) is 5.56 Å². The standard InChI is InChI=1S/C12H12N2O4S/c1-8-2-3-11(10(6-8)12(15)16)14-19(17,18)9-4-5-13-7-9/h2-7,13-14H,1H3,(H,15,16). The lowest BCUT2D eigenvalue weighted by molar-refractivity contribution is 0.0698. The molecule has 0 amide bonds. The van der Waals surface area contributed by atoms with Crippen LogP contribution in [0.15, 0.2) is 41.6 Å². The summed E-state index contributed by atoms with van der Waals surface area (Å²) in [4.78, 5) is 13.8. The molecule has 1 aromatic heterocycles. The highest BCUT2D eigenvalue weighted by Crippen LogP contribution is 2.21. The maximum absolute atomic E-state index is 12.0. The number of aromatic nitrogens is 1. The zero-order valence-corrected chi connectivity index (χ0v) is 10.9. The van der Waals surface area contributed by atoms with Crippen molar-refractivity contribution in [2.24, 2.45) is 0 Å². The van der Waals surface area contributed by atoms with Crippen molar-refractivity contribution >= 4 is 21.7 Å². The predicted octanol–water partition coefficient (Wildman–Crippen LogP) is 1.82. The van der Waals surface area contributed by atoms with Crippen LogP contribution in [0.2, 0.25) is 0 Å². The fraction of sp³-hybridized carbons (Fsp3) is 0.0833. The van der Waals surface area contributed by atoms with Crippen molar-refractivity contribution in [1.82, 2.24) is 4.98 Å². The number of aromatic amines is 1. The number of carboxylic acid groups (broad SMARTS) is 1. The van der Waals surface area contributed by atoms with Gasteiger partial charge in [0.1, 0.15) is 4.90 Å². The molecular formula is C12H12N2O4S. The van der Waals surface area contributed by atoms with Crippen molar-refractivity contribution in [2.75, 3.05) is 4.72 Å². The Bertz CT molecular complexity index is 705. The van der Waals surface area contributed by atoms with Gasteiger partial charge in [0, 0.05) is 12.4 Å². The van der Waals surface area contributed by atoms with E-state index in [1.54, 1.807) is 13.0 Å². The van der Waals surface area contributed by atoms with Crippen molar-refractivity contribution in [3.05, 3.63) is 47.8 Å². The van der Waals surface area contributed by atoms with Gasteiger partial charge in [-0.25, -0.2) is 13.2 Å². The third kappa shape index (κ3) is 2.76. The maximum atomic E-state index is 12.0. The molecule has 0 bridgehead atoms. The fourth-order valence-electron chi connectivity index (χ4n) is 1.60. The summed E-state index contributed by atoms with van der Waals surface area (Å²) in [5.41, 5.74) is 0.695. The number of carboxylic acids is 1. The van der Waals surface area contributed by atoms with Gasteiger partial charge in [-0.1, -0.05) is 11.6 Å². The summed E-state index contributed by atoms with van der Waals surface area (Å²) in [6.45, 7) is 1.73. The van der Waals surface area contributed by atoms with E-state index in [1.807, 2.05) is 0 Å². The first-order valence-electron chi connectivity index (χ1n) is 5.40. The SMILES string of the molecule is Cc1ccc(NS(=O)(=O)c2cc[nH]c2)c(C(=O)O)c1.